The third kappa shape index (κ3) is 93.1. The molecule has 2 aliphatic rings. The van der Waals surface area contributed by atoms with Gasteiger partial charge in [-0.25, -0.2) is 4.21 Å². The Morgan fingerprint density at radius 3 is 1.10 bits per heavy atom. The molecule has 2 aromatic carbocycles. The average molecular weight is 1630 g/mol. The van der Waals surface area contributed by atoms with Gasteiger partial charge in [-0.15, -0.1) is 11.8 Å². The minimum Gasteiger partial charge on any atom is -0.383 e. The molecule has 0 heterocycles. The van der Waals surface area contributed by atoms with Gasteiger partial charge < -0.3 is 31.9 Å². The maximum absolute atomic E-state index is 11.4. The first-order valence-corrected chi connectivity index (χ1v) is 47.2. The zero-order chi connectivity index (χ0) is 83.6. The van der Waals surface area contributed by atoms with E-state index >= 15 is 0 Å². The predicted octanol–water partition coefficient (Wildman–Crippen LogP) is 18.9. The lowest BCUT2D eigenvalue weighted by molar-refractivity contribution is -0.124. The number of nitrogens with one attached hydrogen (secondary N) is 7. The highest BCUT2D eigenvalue weighted by Crippen LogP contribution is 2.22. The molecule has 2 saturated carbocycles. The van der Waals surface area contributed by atoms with Gasteiger partial charge in [0.1, 0.15) is 0 Å². The van der Waals surface area contributed by atoms with Crippen molar-refractivity contribution in [1.82, 2.24) is 31.9 Å². The summed E-state index contributed by atoms with van der Waals surface area (Å²) in [6.45, 7) is 63.8. The molecule has 0 radical (unpaired) electrons. The van der Waals surface area contributed by atoms with Crippen molar-refractivity contribution in [3.63, 3.8) is 0 Å². The zero-order valence-electron chi connectivity index (χ0n) is 71.9. The summed E-state index contributed by atoms with van der Waals surface area (Å²) in [5.41, 5.74) is 1.16. The molecule has 3 amide bonds. The summed E-state index contributed by atoms with van der Waals surface area (Å²) in [4.78, 5) is 36.2. The molecule has 0 spiro atoms. The molecule has 0 saturated heterocycles. The van der Waals surface area contributed by atoms with Crippen LogP contribution in [-0.2, 0) is 73.0 Å². The number of benzene rings is 2. The Morgan fingerprint density at radius 2 is 0.913 bits per heavy atom. The van der Waals surface area contributed by atoms with E-state index in [0.717, 1.165) is 51.3 Å². The van der Waals surface area contributed by atoms with Gasteiger partial charge in [0.05, 0.1) is 15.0 Å². The molecule has 0 bridgehead atoms. The van der Waals surface area contributed by atoms with Crippen molar-refractivity contribution >= 4 is 134 Å². The van der Waals surface area contributed by atoms with Crippen LogP contribution in [0.25, 0.3) is 0 Å². The van der Waals surface area contributed by atoms with Crippen LogP contribution >= 0.6 is 48.4 Å². The molecule has 7 N–H and O–H groups in total. The SMILES string of the molecule is CC(C)C(=O)NC1CC1.CC(C)C(=S)NC1CC1.CC(C)S(=O)Cc1ccccc1.CC(C)S(C)=NC#N.CC(C)S(C)=O.CC(C)Sc1ccccc1.CCC(C)C.CCNC(=O)C(C)C.CCNC(=S)C(C)C.CCS(=N)(=O)C(C)C.CCS(=O)C(C)C.CNC(=O)C(C)C.CNC(=S)C(C)C. The lowest BCUT2D eigenvalue weighted by Crippen LogP contribution is -2.29. The second-order valence-electron chi connectivity index (χ2n) is 27.9. The summed E-state index contributed by atoms with van der Waals surface area (Å²) in [5.74, 6) is 5.12. The van der Waals surface area contributed by atoms with Gasteiger partial charge in [-0.2, -0.15) is 9.62 Å². The summed E-state index contributed by atoms with van der Waals surface area (Å²) in [6, 6.07) is 21.7. The molecule has 614 valence electrons. The van der Waals surface area contributed by atoms with E-state index in [4.69, 9.17) is 46.7 Å². The summed E-state index contributed by atoms with van der Waals surface area (Å²) in [6.07, 6.45) is 11.8. The van der Waals surface area contributed by atoms with Gasteiger partial charge in [0.2, 0.25) is 23.9 Å². The number of carbonyl (C=O) groups excluding carboxylic acids is 3. The fourth-order valence-electron chi connectivity index (χ4n) is 5.04. The van der Waals surface area contributed by atoms with Gasteiger partial charge in [-0.3, -0.25) is 31.8 Å². The molecule has 5 unspecified atom stereocenters. The van der Waals surface area contributed by atoms with Crippen LogP contribution in [0.15, 0.2) is 69.9 Å². The third-order valence-electron chi connectivity index (χ3n) is 13.3. The molecule has 5 atom stereocenters. The van der Waals surface area contributed by atoms with E-state index in [2.05, 4.69) is 157 Å². The Labute approximate surface area is 672 Å². The molecule has 2 aliphatic carbocycles. The monoisotopic (exact) mass is 1630 g/mol. The fraction of sp³-hybridized carbons (Fsp3) is 0.759. The van der Waals surface area contributed by atoms with Gasteiger partial charge in [-0.05, 0) is 69.4 Å². The number of rotatable bonds is 22. The molecule has 104 heavy (non-hydrogen) atoms. The quantitative estimate of drug-likeness (QED) is 0.0329. The molecule has 2 aromatic rings. The van der Waals surface area contributed by atoms with Gasteiger partial charge in [-0.1, -0.05) is 303 Å². The van der Waals surface area contributed by atoms with Gasteiger partial charge in [0.15, 0.2) is 0 Å². The number of thiocarbonyl (C=S) groups is 3. The molecule has 2 fully saturated rings. The Balaban J connectivity index is -0.000000135. The molecule has 25 heteroatoms. The van der Waals surface area contributed by atoms with Gasteiger partial charge >= 0.3 is 0 Å². The third-order valence-corrected chi connectivity index (χ3v) is 25.0. The highest BCUT2D eigenvalue weighted by molar-refractivity contribution is 8.00. The van der Waals surface area contributed by atoms with Crippen molar-refractivity contribution < 1.29 is 31.2 Å². The van der Waals surface area contributed by atoms with Crippen LogP contribution in [0.1, 0.15) is 252 Å². The first-order valence-electron chi connectivity index (χ1n) is 37.3. The lowest BCUT2D eigenvalue weighted by atomic mass is 10.2. The Bertz CT molecular complexity index is 2600. The van der Waals surface area contributed by atoms with E-state index in [9.17, 15) is 31.2 Å². The number of nitriles is 1. The smallest absolute Gasteiger partial charge is 0.222 e. The van der Waals surface area contributed by atoms with Gasteiger partial charge in [0.25, 0.3) is 0 Å². The number of hydrogen-bond donors (Lipinski definition) is 7. The van der Waals surface area contributed by atoms with Crippen LogP contribution in [-0.4, -0.2) is 144 Å². The van der Waals surface area contributed by atoms with Crippen LogP contribution < -0.4 is 31.9 Å². The molecule has 16 nitrogen and oxygen atoms in total. The standard InChI is InChI=1S/C10H14OS.C9H12S.C7H13NO.C7H13NS.C6H13NO.C6H13NS.C5H10N2S.C5H13NOS.C5H11NO.C5H11NS.C5H12OS.C5H12.C4H10OS/c1-9(2)12(11)8-10-6-4-3-5-7-10;1-8(2)10-9-6-4-3-5-7-9;2*1-5(2)7(9)8-6-3-4-6;2*1-4-7-6(8)5(2)3;1-5(2)8(3)7-4-6;1-4-8(6,7)5(2)3;2*1-4(2)5(7)6-3;1-4-7(6)5(2)3;1-4-5(2)3;1-4(2)6(3)5/h3-7,9H,8H2,1-2H3;3-8H,1-2H3;2*5-6H,3-4H2,1-2H3,(H,8,9);2*5H,4H2,1-3H3,(H,7,8);5H,1-3H3;5-6H,4H2,1-3H3;2*4H,1-3H3,(H,6,7);5H,4H2,1-3H3;5H,4H2,1-3H3;4H,1-3H3. The van der Waals surface area contributed by atoms with Crippen LogP contribution in [0.3, 0.4) is 0 Å². The van der Waals surface area contributed by atoms with Crippen molar-refractivity contribution in [3.05, 3.63) is 66.2 Å². The lowest BCUT2D eigenvalue weighted by Gasteiger charge is -2.08. The summed E-state index contributed by atoms with van der Waals surface area (Å²) in [5, 5.41) is 27.6. The van der Waals surface area contributed by atoms with E-state index in [0.29, 0.717) is 56.3 Å². The highest BCUT2D eigenvalue weighted by Gasteiger charge is 2.24. The van der Waals surface area contributed by atoms with Crippen LogP contribution in [0.4, 0.5) is 0 Å². The van der Waals surface area contributed by atoms with Crippen LogP contribution in [0.2, 0.25) is 0 Å². The van der Waals surface area contributed by atoms with Crippen LogP contribution in [0, 0.1) is 57.7 Å². The normalized spacial score (nSPS) is 13.2. The Kier molecular flexibility index (Phi) is 87.9. The molecule has 4 rings (SSSR count). The maximum atomic E-state index is 11.4. The minimum absolute atomic E-state index is 0.00694. The van der Waals surface area contributed by atoms with Crippen molar-refractivity contribution in [1.29, 1.82) is 10.0 Å². The second-order valence-corrected chi connectivity index (χ2v) is 42.3. The minimum atomic E-state index is -2.24. The second kappa shape index (κ2) is 76.7. The molecule has 0 aliphatic heterocycles. The van der Waals surface area contributed by atoms with Crippen LogP contribution in [0.5, 0.6) is 0 Å². The molecular formula is C79H157N9O7S9. The van der Waals surface area contributed by atoms with Crippen molar-refractivity contribution in [2.24, 2.45) is 45.8 Å². The van der Waals surface area contributed by atoms with Gasteiger partial charge in [0, 0.05) is 177 Å². The highest BCUT2D eigenvalue weighted by atomic mass is 32.2. The van der Waals surface area contributed by atoms with Crippen molar-refractivity contribution in [2.45, 2.75) is 301 Å². The number of hydrogen-bond acceptors (Lipinski definition) is 14. The van der Waals surface area contributed by atoms with E-state index < -0.39 is 42.1 Å². The Morgan fingerprint density at radius 1 is 0.538 bits per heavy atom. The summed E-state index contributed by atoms with van der Waals surface area (Å²) >= 11 is 16.8. The number of thioether (sulfide) groups is 1. The zero-order valence-corrected chi connectivity index (χ0v) is 79.3. The maximum Gasteiger partial charge on any atom is 0.222 e. The van der Waals surface area contributed by atoms with E-state index in [1.54, 1.807) is 26.4 Å². The number of nitrogens with zero attached hydrogens (tertiary/aromatic N) is 2. The van der Waals surface area contributed by atoms with Crippen molar-refractivity contribution in [2.75, 3.05) is 51.2 Å². The first kappa shape index (κ1) is 119. The average Bonchev–Trinajstić information content (AvgIpc) is 1.78. The first-order chi connectivity index (χ1) is 47.9. The largest absolute Gasteiger partial charge is 0.383 e. The van der Waals surface area contributed by atoms with E-state index in [1.165, 1.54) is 37.0 Å². The summed E-state index contributed by atoms with van der Waals surface area (Å²) in [7, 11) is -0.722. The molecule has 0 aromatic heterocycles. The van der Waals surface area contributed by atoms with Crippen molar-refractivity contribution in [3.8, 4) is 6.19 Å². The fourth-order valence-corrected chi connectivity index (χ4v) is 8.73. The predicted molar refractivity (Wildman–Crippen MR) is 482 cm³/mol. The van der Waals surface area contributed by atoms with E-state index in [-0.39, 0.29) is 56.7 Å². The summed E-state index contributed by atoms with van der Waals surface area (Å²) < 4.78 is 54.0. The van der Waals surface area contributed by atoms with E-state index in [1.807, 2.05) is 172 Å². The topological polar surface area (TPSA) is 252 Å². The number of carbonyl (C=O) groups is 3. The molecular weight excluding hydrogens is 1480 g/mol. The Hall–Kier alpha value is -3.09. The number of amides is 3.